The summed E-state index contributed by atoms with van der Waals surface area (Å²) >= 11 is 30.8. The summed E-state index contributed by atoms with van der Waals surface area (Å²) in [6, 6.07) is 0. The molecule has 0 radical (unpaired) electrons. The van der Waals surface area contributed by atoms with E-state index in [4.69, 9.17) is 4.74 Å². The summed E-state index contributed by atoms with van der Waals surface area (Å²) in [6.45, 7) is -0.108. The third-order valence-corrected chi connectivity index (χ3v) is 16.5. The molecule has 0 spiro atoms. The topological polar surface area (TPSA) is 83.9 Å². The molecule has 1 N–H and O–H groups in total. The Morgan fingerprint density at radius 3 is 1.78 bits per heavy atom. The van der Waals surface area contributed by atoms with Crippen molar-refractivity contribution in [1.82, 2.24) is 4.90 Å². The molecule has 15 heteroatoms. The van der Waals surface area contributed by atoms with Crippen LogP contribution < -0.4 is 0 Å². The van der Waals surface area contributed by atoms with Crippen LogP contribution in [0.3, 0.4) is 0 Å². The number of fused-ring (bicyclic) bond motifs is 1. The second kappa shape index (κ2) is 10.4. The van der Waals surface area contributed by atoms with Crippen LogP contribution in [0.5, 0.6) is 0 Å². The smallest absolute Gasteiger partial charge is 0.450 e. The molecule has 1 aromatic rings. The molecule has 6 nitrogen and oxygen atoms in total. The average molecular weight is 1020 g/mol. The monoisotopic (exact) mass is 1010 g/mol. The molecule has 1 aliphatic heterocycles. The van der Waals surface area contributed by atoms with E-state index < -0.39 is 28.4 Å². The number of alkyl halides is 1. The van der Waals surface area contributed by atoms with E-state index >= 15 is 0 Å². The number of hydrogen-bond acceptors (Lipinski definition) is 4. The van der Waals surface area contributed by atoms with Gasteiger partial charge in [0.15, 0.2) is 5.60 Å². The SMILES string of the molecule is O=C(O)OC1(CCN2C(=O)c3c(Br)c(Br)c(Br)c(Br)c3C2=O)C(Br)=C(Br)C(Br)=C(Br)C1Br. The average Bonchev–Trinajstić information content (AvgIpc) is 2.99. The maximum absolute atomic E-state index is 13.2. The lowest BCUT2D eigenvalue weighted by Gasteiger charge is -2.40. The molecule has 32 heavy (non-hydrogen) atoms. The van der Waals surface area contributed by atoms with E-state index in [0.29, 0.717) is 35.8 Å². The van der Waals surface area contributed by atoms with Crippen LogP contribution in [0, 0.1) is 0 Å². The van der Waals surface area contributed by atoms with Crippen molar-refractivity contribution >= 4 is 161 Å². The summed E-state index contributed by atoms with van der Waals surface area (Å²) in [5.74, 6) is -1.01. The van der Waals surface area contributed by atoms with Gasteiger partial charge in [-0.15, -0.1) is 0 Å². The van der Waals surface area contributed by atoms with Crippen LogP contribution in [0.2, 0.25) is 0 Å². The molecule has 172 valence electrons. The number of benzene rings is 1. The number of amides is 2. The van der Waals surface area contributed by atoms with Gasteiger partial charge in [0.05, 0.1) is 20.4 Å². The predicted octanol–water partition coefficient (Wildman–Crippen LogP) is 8.94. The standard InChI is InChI=1S/C17H6Br9NO5/c18-5-3-4(6(19)8(21)7(5)20)15(29)27(14(3)28)2-1-17(32-16(30)31)12(25)10(23)9(22)11(24)13(17)26/h12H,1-2H2,(H,30,31). The Hall–Kier alpha value is 1.43. The molecule has 2 amide bonds. The third kappa shape index (κ3) is 4.50. The Balaban J connectivity index is 2.03. The van der Waals surface area contributed by atoms with E-state index in [-0.39, 0.29) is 24.1 Å². The zero-order chi connectivity index (χ0) is 24.3. The Labute approximate surface area is 257 Å². The van der Waals surface area contributed by atoms with Crippen molar-refractivity contribution in [3.05, 3.63) is 46.9 Å². The van der Waals surface area contributed by atoms with Crippen molar-refractivity contribution in [2.75, 3.05) is 6.54 Å². The molecule has 0 aromatic heterocycles. The van der Waals surface area contributed by atoms with E-state index in [9.17, 15) is 19.5 Å². The number of carbonyl (C=O) groups excluding carboxylic acids is 2. The lowest BCUT2D eigenvalue weighted by molar-refractivity contribution is 0.00464. The van der Waals surface area contributed by atoms with Gasteiger partial charge in [0.2, 0.25) is 0 Å². The van der Waals surface area contributed by atoms with E-state index in [0.717, 1.165) is 4.90 Å². The summed E-state index contributed by atoms with van der Waals surface area (Å²) in [6.07, 6.45) is -1.53. The fourth-order valence-corrected chi connectivity index (χ4v) is 9.87. The second-order valence-electron chi connectivity index (χ2n) is 6.43. The van der Waals surface area contributed by atoms with Crippen LogP contribution in [0.15, 0.2) is 35.8 Å². The normalized spacial score (nSPS) is 23.3. The van der Waals surface area contributed by atoms with Gasteiger partial charge in [-0.2, -0.15) is 0 Å². The number of carboxylic acid groups (broad SMARTS) is 1. The largest absolute Gasteiger partial charge is 0.506 e. The van der Waals surface area contributed by atoms with Gasteiger partial charge in [0.25, 0.3) is 11.8 Å². The summed E-state index contributed by atoms with van der Waals surface area (Å²) in [4.78, 5) is 38.4. The van der Waals surface area contributed by atoms with Crippen LogP contribution in [0.25, 0.3) is 0 Å². The summed E-state index contributed by atoms with van der Waals surface area (Å²) in [7, 11) is 0. The fraction of sp³-hybridized carbons (Fsp3) is 0.235. The van der Waals surface area contributed by atoms with E-state index in [1.807, 2.05) is 0 Å². The minimum absolute atomic E-state index is 0.0245. The molecule has 0 saturated carbocycles. The van der Waals surface area contributed by atoms with Crippen molar-refractivity contribution in [2.24, 2.45) is 0 Å². The highest BCUT2D eigenvalue weighted by atomic mass is 79.9. The van der Waals surface area contributed by atoms with Crippen molar-refractivity contribution in [1.29, 1.82) is 0 Å². The molecule has 2 unspecified atom stereocenters. The molecule has 0 fully saturated rings. The van der Waals surface area contributed by atoms with Gasteiger partial charge in [-0.25, -0.2) is 4.79 Å². The van der Waals surface area contributed by atoms with Gasteiger partial charge in [-0.05, 0) is 112 Å². The molecule has 1 aliphatic carbocycles. The summed E-state index contributed by atoms with van der Waals surface area (Å²) < 4.78 is 9.57. The number of halogens is 9. The number of allylic oxidation sites excluding steroid dienone is 2. The molecule has 0 saturated heterocycles. The number of hydrogen-bond donors (Lipinski definition) is 1. The maximum Gasteiger partial charge on any atom is 0.506 e. The first-order valence-corrected chi connectivity index (χ1v) is 15.4. The summed E-state index contributed by atoms with van der Waals surface area (Å²) in [5, 5.41) is 9.46. The zero-order valence-corrected chi connectivity index (χ0v) is 29.2. The molecule has 1 heterocycles. The summed E-state index contributed by atoms with van der Waals surface area (Å²) in [5.41, 5.74) is -1.04. The quantitative estimate of drug-likeness (QED) is 0.107. The second-order valence-corrected chi connectivity index (χ2v) is 13.7. The molecule has 1 aromatic carbocycles. The molecule has 3 rings (SSSR count). The Morgan fingerprint density at radius 2 is 1.34 bits per heavy atom. The Kier molecular flexibility index (Phi) is 9.13. The Morgan fingerprint density at radius 1 is 0.875 bits per heavy atom. The highest BCUT2D eigenvalue weighted by Gasteiger charge is 2.51. The molecular formula is C17H6Br9NO5. The van der Waals surface area contributed by atoms with Crippen LogP contribution in [-0.4, -0.2) is 44.9 Å². The minimum atomic E-state index is -1.51. The minimum Gasteiger partial charge on any atom is -0.450 e. The molecule has 2 aliphatic rings. The Bertz CT molecular complexity index is 1100. The highest BCUT2D eigenvalue weighted by Crippen LogP contribution is 2.53. The van der Waals surface area contributed by atoms with Crippen LogP contribution >= 0.6 is 143 Å². The van der Waals surface area contributed by atoms with E-state index in [1.54, 1.807) is 0 Å². The van der Waals surface area contributed by atoms with Crippen LogP contribution in [0.1, 0.15) is 27.1 Å². The van der Waals surface area contributed by atoms with Crippen LogP contribution in [0.4, 0.5) is 4.79 Å². The van der Waals surface area contributed by atoms with Gasteiger partial charge in [-0.3, -0.25) is 14.5 Å². The van der Waals surface area contributed by atoms with Gasteiger partial charge < -0.3 is 9.84 Å². The zero-order valence-electron chi connectivity index (χ0n) is 14.9. The van der Waals surface area contributed by atoms with Crippen molar-refractivity contribution in [3.8, 4) is 0 Å². The van der Waals surface area contributed by atoms with Crippen molar-refractivity contribution < 1.29 is 24.2 Å². The number of imide groups is 1. The lowest BCUT2D eigenvalue weighted by atomic mass is 9.90. The van der Waals surface area contributed by atoms with Gasteiger partial charge in [0.1, 0.15) is 0 Å². The first-order valence-electron chi connectivity index (χ1n) is 8.17. The number of nitrogens with zero attached hydrogens (tertiary/aromatic N) is 1. The van der Waals surface area contributed by atoms with Crippen LogP contribution in [-0.2, 0) is 4.74 Å². The van der Waals surface area contributed by atoms with E-state index in [2.05, 4.69) is 143 Å². The number of carbonyl (C=O) groups is 3. The molecule has 2 atom stereocenters. The van der Waals surface area contributed by atoms with E-state index in [1.165, 1.54) is 0 Å². The number of rotatable bonds is 4. The maximum atomic E-state index is 13.2. The first kappa shape index (κ1) is 28.0. The highest BCUT2D eigenvalue weighted by molar-refractivity contribution is 9.17. The lowest BCUT2D eigenvalue weighted by Crippen LogP contribution is -2.49. The fourth-order valence-electron chi connectivity index (χ4n) is 3.23. The first-order chi connectivity index (χ1) is 14.8. The van der Waals surface area contributed by atoms with Gasteiger partial charge in [-0.1, -0.05) is 31.9 Å². The van der Waals surface area contributed by atoms with Crippen molar-refractivity contribution in [3.63, 3.8) is 0 Å². The van der Waals surface area contributed by atoms with Crippen molar-refractivity contribution in [2.45, 2.75) is 16.8 Å². The molecular weight excluding hydrogens is 1020 g/mol. The third-order valence-electron chi connectivity index (χ3n) is 4.76. The number of ether oxygens (including phenoxy) is 1. The molecule has 0 bridgehead atoms. The predicted molar refractivity (Wildman–Crippen MR) is 152 cm³/mol. The van der Waals surface area contributed by atoms with Gasteiger partial charge in [0, 0.05) is 44.3 Å². The van der Waals surface area contributed by atoms with Gasteiger partial charge >= 0.3 is 6.16 Å².